The molecule has 0 saturated heterocycles. The molecular formula is C8H17NO3S. The van der Waals surface area contributed by atoms with E-state index in [4.69, 9.17) is 9.88 Å². The molecule has 0 aromatic heterocycles. The van der Waals surface area contributed by atoms with Crippen LogP contribution in [0.25, 0.3) is 0 Å². The molecule has 0 aliphatic heterocycles. The molecule has 0 bridgehead atoms. The average Bonchev–Trinajstić information content (AvgIpc) is 2.04. The van der Waals surface area contributed by atoms with Crippen molar-refractivity contribution in [3.05, 3.63) is 0 Å². The number of rotatable bonds is 4. The van der Waals surface area contributed by atoms with Crippen LogP contribution in [-0.4, -0.2) is 26.9 Å². The fourth-order valence-corrected chi connectivity index (χ4v) is 1.89. The summed E-state index contributed by atoms with van der Waals surface area (Å²) in [5, 5.41) is 4.84. The SMILES string of the molecule is NS(=O)(=O)CCOC1CCCCC1. The third kappa shape index (κ3) is 5.23. The van der Waals surface area contributed by atoms with Crippen LogP contribution in [0.1, 0.15) is 32.1 Å². The van der Waals surface area contributed by atoms with Crippen LogP contribution in [0.4, 0.5) is 0 Å². The first-order chi connectivity index (χ1) is 6.08. The van der Waals surface area contributed by atoms with E-state index in [0.29, 0.717) is 0 Å². The van der Waals surface area contributed by atoms with Gasteiger partial charge in [0.05, 0.1) is 18.5 Å². The van der Waals surface area contributed by atoms with E-state index in [-0.39, 0.29) is 18.5 Å². The molecule has 0 unspecified atom stereocenters. The average molecular weight is 207 g/mol. The zero-order valence-corrected chi connectivity index (χ0v) is 8.55. The molecule has 4 nitrogen and oxygen atoms in total. The Morgan fingerprint density at radius 1 is 1.23 bits per heavy atom. The molecule has 0 aromatic carbocycles. The Morgan fingerprint density at radius 3 is 2.38 bits per heavy atom. The second-order valence-electron chi connectivity index (χ2n) is 3.50. The van der Waals surface area contributed by atoms with E-state index in [0.717, 1.165) is 12.8 Å². The molecule has 0 radical (unpaired) electrons. The largest absolute Gasteiger partial charge is 0.377 e. The van der Waals surface area contributed by atoms with Crippen molar-refractivity contribution >= 4 is 10.0 Å². The Kier molecular flexibility index (Phi) is 4.15. The van der Waals surface area contributed by atoms with Crippen molar-refractivity contribution in [2.75, 3.05) is 12.4 Å². The molecule has 0 spiro atoms. The van der Waals surface area contributed by atoms with Gasteiger partial charge < -0.3 is 4.74 Å². The minimum Gasteiger partial charge on any atom is -0.377 e. The van der Waals surface area contributed by atoms with Gasteiger partial charge in [0.25, 0.3) is 0 Å². The molecule has 0 atom stereocenters. The molecule has 1 aliphatic carbocycles. The van der Waals surface area contributed by atoms with Crippen LogP contribution in [-0.2, 0) is 14.8 Å². The summed E-state index contributed by atoms with van der Waals surface area (Å²) >= 11 is 0. The monoisotopic (exact) mass is 207 g/mol. The van der Waals surface area contributed by atoms with Crippen LogP contribution in [0.15, 0.2) is 0 Å². The van der Waals surface area contributed by atoms with Crippen LogP contribution >= 0.6 is 0 Å². The third-order valence-corrected chi connectivity index (χ3v) is 3.01. The Labute approximate surface area is 79.5 Å². The standard InChI is InChI=1S/C8H17NO3S/c9-13(10,11)7-6-12-8-4-2-1-3-5-8/h8H,1-7H2,(H2,9,10,11). The van der Waals surface area contributed by atoms with Gasteiger partial charge in [-0.3, -0.25) is 0 Å². The van der Waals surface area contributed by atoms with E-state index >= 15 is 0 Å². The summed E-state index contributed by atoms with van der Waals surface area (Å²) in [5.74, 6) is -0.0660. The zero-order chi connectivity index (χ0) is 9.73. The highest BCUT2D eigenvalue weighted by molar-refractivity contribution is 7.89. The smallest absolute Gasteiger partial charge is 0.211 e. The zero-order valence-electron chi connectivity index (χ0n) is 7.74. The van der Waals surface area contributed by atoms with Crippen LogP contribution in [0.5, 0.6) is 0 Å². The number of ether oxygens (including phenoxy) is 1. The van der Waals surface area contributed by atoms with E-state index in [9.17, 15) is 8.42 Å². The van der Waals surface area contributed by atoms with Crippen LogP contribution in [0, 0.1) is 0 Å². The molecule has 13 heavy (non-hydrogen) atoms. The second-order valence-corrected chi connectivity index (χ2v) is 5.23. The lowest BCUT2D eigenvalue weighted by Gasteiger charge is -2.21. The van der Waals surface area contributed by atoms with Gasteiger partial charge in [-0.25, -0.2) is 13.6 Å². The van der Waals surface area contributed by atoms with Gasteiger partial charge in [-0.1, -0.05) is 19.3 Å². The second kappa shape index (κ2) is 4.93. The Morgan fingerprint density at radius 2 is 1.85 bits per heavy atom. The van der Waals surface area contributed by atoms with Crippen LogP contribution in [0.3, 0.4) is 0 Å². The summed E-state index contributed by atoms with van der Waals surface area (Å²) in [7, 11) is -3.35. The van der Waals surface area contributed by atoms with E-state index < -0.39 is 10.0 Å². The Balaban J connectivity index is 2.11. The maximum Gasteiger partial charge on any atom is 0.211 e. The molecule has 1 fully saturated rings. The van der Waals surface area contributed by atoms with Crippen molar-refractivity contribution in [1.29, 1.82) is 0 Å². The minimum absolute atomic E-state index is 0.0660. The summed E-state index contributed by atoms with van der Waals surface area (Å²) in [5.41, 5.74) is 0. The van der Waals surface area contributed by atoms with E-state index in [2.05, 4.69) is 0 Å². The van der Waals surface area contributed by atoms with E-state index in [1.54, 1.807) is 0 Å². The molecule has 0 aromatic rings. The van der Waals surface area contributed by atoms with E-state index in [1.165, 1.54) is 19.3 Å². The first kappa shape index (κ1) is 10.9. The molecule has 0 amide bonds. The summed E-state index contributed by atoms with van der Waals surface area (Å²) < 4.78 is 26.5. The number of hydrogen-bond donors (Lipinski definition) is 1. The highest BCUT2D eigenvalue weighted by Gasteiger charge is 2.14. The molecule has 78 valence electrons. The highest BCUT2D eigenvalue weighted by Crippen LogP contribution is 2.19. The molecule has 1 rings (SSSR count). The topological polar surface area (TPSA) is 69.4 Å². The summed E-state index contributed by atoms with van der Waals surface area (Å²) in [6.07, 6.45) is 6.04. The third-order valence-electron chi connectivity index (χ3n) is 2.27. The van der Waals surface area contributed by atoms with Crippen molar-refractivity contribution < 1.29 is 13.2 Å². The first-order valence-electron chi connectivity index (χ1n) is 4.70. The first-order valence-corrected chi connectivity index (χ1v) is 6.41. The van der Waals surface area contributed by atoms with Crippen molar-refractivity contribution in [3.63, 3.8) is 0 Å². The fraction of sp³-hybridized carbons (Fsp3) is 1.00. The van der Waals surface area contributed by atoms with Gasteiger partial charge in [-0.2, -0.15) is 0 Å². The van der Waals surface area contributed by atoms with Gasteiger partial charge in [0.1, 0.15) is 0 Å². The highest BCUT2D eigenvalue weighted by atomic mass is 32.2. The molecular weight excluding hydrogens is 190 g/mol. The lowest BCUT2D eigenvalue weighted by Crippen LogP contribution is -2.24. The van der Waals surface area contributed by atoms with Gasteiger partial charge in [0, 0.05) is 0 Å². The Bertz CT molecular complexity index is 232. The molecule has 0 heterocycles. The molecule has 5 heteroatoms. The lowest BCUT2D eigenvalue weighted by atomic mass is 9.98. The maximum absolute atomic E-state index is 10.6. The normalized spacial score (nSPS) is 20.4. The van der Waals surface area contributed by atoms with Crippen LogP contribution in [0.2, 0.25) is 0 Å². The number of sulfonamides is 1. The van der Waals surface area contributed by atoms with Gasteiger partial charge in [0.15, 0.2) is 0 Å². The summed E-state index contributed by atoms with van der Waals surface area (Å²) in [6, 6.07) is 0. The summed E-state index contributed by atoms with van der Waals surface area (Å²) in [6.45, 7) is 0.240. The lowest BCUT2D eigenvalue weighted by molar-refractivity contribution is 0.0379. The fourth-order valence-electron chi connectivity index (χ4n) is 1.56. The minimum atomic E-state index is -3.35. The summed E-state index contributed by atoms with van der Waals surface area (Å²) in [4.78, 5) is 0. The molecule has 2 N–H and O–H groups in total. The quantitative estimate of drug-likeness (QED) is 0.735. The molecule has 1 aliphatic rings. The Hall–Kier alpha value is -0.130. The van der Waals surface area contributed by atoms with Crippen molar-refractivity contribution in [3.8, 4) is 0 Å². The van der Waals surface area contributed by atoms with Crippen molar-refractivity contribution in [2.45, 2.75) is 38.2 Å². The molecule has 1 saturated carbocycles. The number of nitrogens with two attached hydrogens (primary N) is 1. The number of hydrogen-bond acceptors (Lipinski definition) is 3. The van der Waals surface area contributed by atoms with Gasteiger partial charge in [-0.15, -0.1) is 0 Å². The van der Waals surface area contributed by atoms with E-state index in [1.807, 2.05) is 0 Å². The van der Waals surface area contributed by atoms with Gasteiger partial charge >= 0.3 is 0 Å². The maximum atomic E-state index is 10.6. The van der Waals surface area contributed by atoms with Crippen LogP contribution < -0.4 is 5.14 Å². The predicted molar refractivity (Wildman–Crippen MR) is 50.8 cm³/mol. The predicted octanol–water partition coefficient (Wildman–Crippen LogP) is 0.624. The van der Waals surface area contributed by atoms with Gasteiger partial charge in [0.2, 0.25) is 10.0 Å². The van der Waals surface area contributed by atoms with Gasteiger partial charge in [-0.05, 0) is 12.8 Å². The number of primary sulfonamides is 1. The van der Waals surface area contributed by atoms with Crippen molar-refractivity contribution in [2.24, 2.45) is 5.14 Å². The van der Waals surface area contributed by atoms with Crippen molar-refractivity contribution in [1.82, 2.24) is 0 Å².